The number of nitrogens with two attached hydrogens (primary N) is 1. The predicted molar refractivity (Wildman–Crippen MR) is 73.8 cm³/mol. The van der Waals surface area contributed by atoms with Gasteiger partial charge in [-0.25, -0.2) is 13.1 Å². The van der Waals surface area contributed by atoms with Gasteiger partial charge in [-0.1, -0.05) is 0 Å². The highest BCUT2D eigenvalue weighted by Gasteiger charge is 2.26. The maximum atomic E-state index is 12.1. The summed E-state index contributed by atoms with van der Waals surface area (Å²) in [4.78, 5) is 9.65. The molecule has 0 bridgehead atoms. The highest BCUT2D eigenvalue weighted by atomic mass is 32.2. The van der Waals surface area contributed by atoms with Crippen LogP contribution in [0.2, 0.25) is 0 Å². The van der Waals surface area contributed by atoms with Gasteiger partial charge in [0, 0.05) is 24.9 Å². The Morgan fingerprint density at radius 3 is 2.70 bits per heavy atom. The van der Waals surface area contributed by atoms with Crippen molar-refractivity contribution in [1.29, 1.82) is 0 Å². The Labute approximate surface area is 117 Å². The lowest BCUT2D eigenvalue weighted by molar-refractivity contribution is -0.387. The zero-order chi connectivity index (χ0) is 15.3. The summed E-state index contributed by atoms with van der Waals surface area (Å²) in [5.41, 5.74) is 5.10. The van der Waals surface area contributed by atoms with Crippen molar-refractivity contribution in [3.63, 3.8) is 0 Å². The van der Waals surface area contributed by atoms with Gasteiger partial charge in [0.2, 0.25) is 10.0 Å². The molecule has 0 aromatic heterocycles. The van der Waals surface area contributed by atoms with Crippen LogP contribution in [0.5, 0.6) is 0 Å². The van der Waals surface area contributed by atoms with Gasteiger partial charge in [-0.2, -0.15) is 0 Å². The number of rotatable bonds is 7. The lowest BCUT2D eigenvalue weighted by atomic mass is 10.3. The molecule has 9 heteroatoms. The van der Waals surface area contributed by atoms with Crippen LogP contribution in [0.3, 0.4) is 0 Å². The molecule has 0 amide bonds. The molecule has 0 fully saturated rings. The first-order valence-electron chi connectivity index (χ1n) is 5.93. The summed E-state index contributed by atoms with van der Waals surface area (Å²) >= 11 is 0. The smallest absolute Gasteiger partial charge is 0.289 e. The van der Waals surface area contributed by atoms with Crippen LogP contribution in [0.4, 0.5) is 11.4 Å². The van der Waals surface area contributed by atoms with Crippen molar-refractivity contribution in [3.05, 3.63) is 28.3 Å². The number of hydrogen-bond donors (Lipinski definition) is 2. The summed E-state index contributed by atoms with van der Waals surface area (Å²) in [6.07, 6.45) is -0.338. The molecule has 8 nitrogen and oxygen atoms in total. The summed E-state index contributed by atoms with van der Waals surface area (Å²) in [6, 6.07) is 3.40. The average Bonchev–Trinajstić information content (AvgIpc) is 2.36. The van der Waals surface area contributed by atoms with Crippen molar-refractivity contribution in [2.75, 3.05) is 18.9 Å². The molecule has 1 rings (SSSR count). The molecule has 0 radical (unpaired) electrons. The van der Waals surface area contributed by atoms with Crippen LogP contribution >= 0.6 is 0 Å². The summed E-state index contributed by atoms with van der Waals surface area (Å²) < 4.78 is 31.6. The number of sulfonamides is 1. The van der Waals surface area contributed by atoms with Gasteiger partial charge in [0.05, 0.1) is 11.0 Å². The second-order valence-electron chi connectivity index (χ2n) is 4.10. The van der Waals surface area contributed by atoms with Crippen LogP contribution in [0.15, 0.2) is 23.1 Å². The number of hydrogen-bond acceptors (Lipinski definition) is 6. The highest BCUT2D eigenvalue weighted by molar-refractivity contribution is 7.89. The van der Waals surface area contributed by atoms with Gasteiger partial charge in [0.25, 0.3) is 5.69 Å². The standard InChI is InChI=1S/C11H17N3O5S/c1-3-19-8(2)7-13-20(17,18)11-6-9(12)4-5-10(11)14(15)16/h4-6,8,13H,3,7,12H2,1-2H3. The largest absolute Gasteiger partial charge is 0.399 e. The third-order valence-electron chi connectivity index (χ3n) is 2.48. The highest BCUT2D eigenvalue weighted by Crippen LogP contribution is 2.25. The molecule has 0 heterocycles. The van der Waals surface area contributed by atoms with E-state index in [2.05, 4.69) is 4.72 Å². The maximum absolute atomic E-state index is 12.1. The SMILES string of the molecule is CCOC(C)CNS(=O)(=O)c1cc(N)ccc1[N+](=O)[O-]. The van der Waals surface area contributed by atoms with Gasteiger partial charge in [-0.05, 0) is 26.0 Å². The number of nitro groups is 1. The lowest BCUT2D eigenvalue weighted by Crippen LogP contribution is -2.32. The van der Waals surface area contributed by atoms with E-state index in [1.54, 1.807) is 13.8 Å². The number of nitrogens with one attached hydrogen (secondary N) is 1. The van der Waals surface area contributed by atoms with Crippen molar-refractivity contribution >= 4 is 21.4 Å². The quantitative estimate of drug-likeness (QED) is 0.437. The van der Waals surface area contributed by atoms with Crippen molar-refractivity contribution < 1.29 is 18.1 Å². The minimum atomic E-state index is -4.02. The molecule has 112 valence electrons. The number of anilines is 1. The molecule has 20 heavy (non-hydrogen) atoms. The van der Waals surface area contributed by atoms with Gasteiger partial charge in [0.1, 0.15) is 0 Å². The molecule has 0 saturated carbocycles. The predicted octanol–water partition coefficient (Wildman–Crippen LogP) is 0.880. The van der Waals surface area contributed by atoms with Gasteiger partial charge in [-0.15, -0.1) is 0 Å². The molecule has 1 atom stereocenters. The zero-order valence-corrected chi connectivity index (χ0v) is 12.0. The van der Waals surface area contributed by atoms with Gasteiger partial charge in [-0.3, -0.25) is 10.1 Å². The van der Waals surface area contributed by atoms with E-state index in [1.165, 1.54) is 6.07 Å². The molecule has 1 unspecified atom stereocenters. The Bertz CT molecular complexity index is 588. The fraction of sp³-hybridized carbons (Fsp3) is 0.455. The first-order chi connectivity index (χ1) is 9.27. The lowest BCUT2D eigenvalue weighted by Gasteiger charge is -2.13. The van der Waals surface area contributed by atoms with Gasteiger partial charge >= 0.3 is 0 Å². The van der Waals surface area contributed by atoms with Crippen LogP contribution in [-0.2, 0) is 14.8 Å². The first kappa shape index (κ1) is 16.3. The Morgan fingerprint density at radius 2 is 2.15 bits per heavy atom. The second-order valence-corrected chi connectivity index (χ2v) is 5.84. The minimum absolute atomic E-state index is 0.0160. The fourth-order valence-corrected chi connectivity index (χ4v) is 2.86. The van der Waals surface area contributed by atoms with Gasteiger partial charge < -0.3 is 10.5 Å². The second kappa shape index (κ2) is 6.64. The molecule has 0 saturated heterocycles. The van der Waals surface area contributed by atoms with E-state index in [0.29, 0.717) is 6.61 Å². The molecule has 0 spiro atoms. The maximum Gasteiger partial charge on any atom is 0.289 e. The summed E-state index contributed by atoms with van der Waals surface area (Å²) in [7, 11) is -4.02. The molecule has 1 aromatic rings. The van der Waals surface area contributed by atoms with Crippen LogP contribution < -0.4 is 10.5 Å². The van der Waals surface area contributed by atoms with E-state index in [4.69, 9.17) is 10.5 Å². The normalized spacial score (nSPS) is 13.1. The summed E-state index contributed by atoms with van der Waals surface area (Å²) in [5.74, 6) is 0. The Balaban J connectivity index is 3.03. The van der Waals surface area contributed by atoms with Gasteiger partial charge in [0.15, 0.2) is 4.90 Å². The Hall–Kier alpha value is -1.71. The number of ether oxygens (including phenoxy) is 1. The van der Waals surface area contributed by atoms with E-state index >= 15 is 0 Å². The van der Waals surface area contributed by atoms with E-state index < -0.39 is 25.5 Å². The topological polar surface area (TPSA) is 125 Å². The van der Waals surface area contributed by atoms with Crippen molar-refractivity contribution in [2.45, 2.75) is 24.8 Å². The van der Waals surface area contributed by atoms with E-state index in [1.807, 2.05) is 0 Å². The number of nitrogens with zero attached hydrogens (tertiary/aromatic N) is 1. The number of nitro benzene ring substituents is 1. The Kier molecular flexibility index (Phi) is 5.43. The molecular formula is C11H17N3O5S. The third kappa shape index (κ3) is 4.15. The molecule has 3 N–H and O–H groups in total. The van der Waals surface area contributed by atoms with Crippen LogP contribution in [0, 0.1) is 10.1 Å². The molecular weight excluding hydrogens is 286 g/mol. The number of benzene rings is 1. The van der Waals surface area contributed by atoms with Crippen LogP contribution in [0.25, 0.3) is 0 Å². The third-order valence-corrected chi connectivity index (χ3v) is 3.93. The zero-order valence-electron chi connectivity index (χ0n) is 11.2. The molecule has 1 aromatic carbocycles. The van der Waals surface area contributed by atoms with Crippen molar-refractivity contribution in [1.82, 2.24) is 4.72 Å². The van der Waals surface area contributed by atoms with Crippen molar-refractivity contribution in [3.8, 4) is 0 Å². The Morgan fingerprint density at radius 1 is 1.50 bits per heavy atom. The van der Waals surface area contributed by atoms with Crippen LogP contribution in [-0.4, -0.2) is 32.6 Å². The van der Waals surface area contributed by atoms with E-state index in [9.17, 15) is 18.5 Å². The van der Waals surface area contributed by atoms with Crippen LogP contribution in [0.1, 0.15) is 13.8 Å². The monoisotopic (exact) mass is 303 g/mol. The summed E-state index contributed by atoms with van der Waals surface area (Å²) in [5, 5.41) is 10.9. The fourth-order valence-electron chi connectivity index (χ4n) is 1.55. The van der Waals surface area contributed by atoms with E-state index in [0.717, 1.165) is 12.1 Å². The minimum Gasteiger partial charge on any atom is -0.399 e. The molecule has 0 aliphatic heterocycles. The van der Waals surface area contributed by atoms with E-state index in [-0.39, 0.29) is 18.3 Å². The summed E-state index contributed by atoms with van der Waals surface area (Å²) in [6.45, 7) is 3.94. The first-order valence-corrected chi connectivity index (χ1v) is 7.41. The average molecular weight is 303 g/mol. The van der Waals surface area contributed by atoms with Crippen molar-refractivity contribution in [2.24, 2.45) is 0 Å². The number of nitrogen functional groups attached to an aromatic ring is 1. The molecule has 0 aliphatic carbocycles. The molecule has 0 aliphatic rings.